The molecule has 0 spiro atoms. The molecule has 0 radical (unpaired) electrons. The second-order valence-corrected chi connectivity index (χ2v) is 7.43. The fourth-order valence-corrected chi connectivity index (χ4v) is 3.42. The maximum Gasteiger partial charge on any atom is 0.252 e. The fraction of sp³-hybridized carbons (Fsp3) is 0.250. The summed E-state index contributed by atoms with van der Waals surface area (Å²) in [7, 11) is -3.38. The summed E-state index contributed by atoms with van der Waals surface area (Å²) in [5.41, 5.74) is 11.8. The first-order chi connectivity index (χ1) is 10.1. The summed E-state index contributed by atoms with van der Waals surface area (Å²) < 4.78 is 25.7. The number of carbonyl (C=O) groups excluding carboxylic acids is 1. The van der Waals surface area contributed by atoms with Gasteiger partial charge in [0, 0.05) is 9.86 Å². The number of carbonyl (C=O) groups is 1. The Hall–Kier alpha value is -1.78. The van der Waals surface area contributed by atoms with Gasteiger partial charge in [0.1, 0.15) is 5.82 Å². The first-order valence-corrected chi connectivity index (χ1v) is 8.80. The third kappa shape index (κ3) is 3.51. The first kappa shape index (κ1) is 16.6. The Morgan fingerprint density at radius 3 is 2.55 bits per heavy atom. The number of nitrogens with two attached hydrogens (primary N) is 2. The van der Waals surface area contributed by atoms with Crippen molar-refractivity contribution in [3.63, 3.8) is 0 Å². The first-order valence-electron chi connectivity index (χ1n) is 6.12. The van der Waals surface area contributed by atoms with Crippen LogP contribution in [-0.2, 0) is 10.0 Å². The van der Waals surface area contributed by atoms with E-state index >= 15 is 0 Å². The van der Waals surface area contributed by atoms with E-state index in [2.05, 4.69) is 30.6 Å². The molecular formula is C12H14BrN5O3S. The van der Waals surface area contributed by atoms with Gasteiger partial charge in [-0.3, -0.25) is 4.79 Å². The van der Waals surface area contributed by atoms with E-state index in [0.717, 1.165) is 6.26 Å². The van der Waals surface area contributed by atoms with Crippen molar-refractivity contribution in [3.05, 3.63) is 27.9 Å². The minimum absolute atomic E-state index is 0.0236. The molecule has 0 aromatic carbocycles. The van der Waals surface area contributed by atoms with Crippen LogP contribution in [0.4, 0.5) is 5.82 Å². The predicted octanol–water partition coefficient (Wildman–Crippen LogP) is 0.684. The van der Waals surface area contributed by atoms with Crippen molar-refractivity contribution >= 4 is 48.7 Å². The molecule has 2 aromatic rings. The zero-order valence-corrected chi connectivity index (χ0v) is 14.2. The van der Waals surface area contributed by atoms with Gasteiger partial charge in [0.15, 0.2) is 5.65 Å². The molecule has 22 heavy (non-hydrogen) atoms. The van der Waals surface area contributed by atoms with Crippen molar-refractivity contribution in [1.29, 1.82) is 0 Å². The van der Waals surface area contributed by atoms with Crippen molar-refractivity contribution in [2.45, 2.75) is 13.0 Å². The van der Waals surface area contributed by atoms with Crippen LogP contribution in [0.1, 0.15) is 29.0 Å². The SMILES string of the molecule is CC(NS(C)(=O)=O)c1nc2nc(N)c(C(N)=O)cc2cc1Br. The quantitative estimate of drug-likeness (QED) is 0.704. The van der Waals surface area contributed by atoms with E-state index in [1.54, 1.807) is 13.0 Å². The molecule has 2 aromatic heterocycles. The van der Waals surface area contributed by atoms with Gasteiger partial charge in [-0.1, -0.05) is 0 Å². The number of fused-ring (bicyclic) bond motifs is 1. The number of pyridine rings is 2. The summed E-state index contributed by atoms with van der Waals surface area (Å²) in [5.74, 6) is -0.705. The van der Waals surface area contributed by atoms with Crippen molar-refractivity contribution in [2.75, 3.05) is 12.0 Å². The monoisotopic (exact) mass is 387 g/mol. The van der Waals surface area contributed by atoms with Crippen LogP contribution in [0.2, 0.25) is 0 Å². The smallest absolute Gasteiger partial charge is 0.252 e. The second-order valence-electron chi connectivity index (χ2n) is 4.80. The summed E-state index contributed by atoms with van der Waals surface area (Å²) in [4.78, 5) is 19.6. The molecule has 118 valence electrons. The number of aromatic nitrogens is 2. The number of rotatable bonds is 4. The molecule has 0 aliphatic rings. The Morgan fingerprint density at radius 2 is 2.00 bits per heavy atom. The lowest BCUT2D eigenvalue weighted by Crippen LogP contribution is -2.26. The van der Waals surface area contributed by atoms with Gasteiger partial charge in [-0.05, 0) is 35.0 Å². The number of nitrogens with one attached hydrogen (secondary N) is 1. The number of anilines is 1. The van der Waals surface area contributed by atoms with Gasteiger partial charge >= 0.3 is 0 Å². The maximum atomic E-state index is 11.3. The molecule has 1 amide bonds. The molecular weight excluding hydrogens is 374 g/mol. The summed E-state index contributed by atoms with van der Waals surface area (Å²) >= 11 is 3.33. The Bertz CT molecular complexity index is 869. The maximum absolute atomic E-state index is 11.3. The third-order valence-electron chi connectivity index (χ3n) is 2.88. The number of halogens is 1. The molecule has 0 fully saturated rings. The van der Waals surface area contributed by atoms with Gasteiger partial charge in [-0.25, -0.2) is 23.1 Å². The molecule has 2 heterocycles. The zero-order chi connectivity index (χ0) is 16.7. The van der Waals surface area contributed by atoms with Crippen molar-refractivity contribution in [3.8, 4) is 0 Å². The lowest BCUT2D eigenvalue weighted by molar-refractivity contribution is 0.100. The van der Waals surface area contributed by atoms with Gasteiger partial charge < -0.3 is 11.5 Å². The van der Waals surface area contributed by atoms with Gasteiger partial charge in [0.25, 0.3) is 5.91 Å². The average molecular weight is 388 g/mol. The van der Waals surface area contributed by atoms with Crippen LogP contribution in [0.25, 0.3) is 11.0 Å². The molecule has 5 N–H and O–H groups in total. The Labute approximate surface area is 135 Å². The third-order valence-corrected chi connectivity index (χ3v) is 4.30. The molecule has 0 bridgehead atoms. The zero-order valence-electron chi connectivity index (χ0n) is 11.8. The predicted molar refractivity (Wildman–Crippen MR) is 86.6 cm³/mol. The van der Waals surface area contributed by atoms with Gasteiger partial charge in [0.2, 0.25) is 10.0 Å². The van der Waals surface area contributed by atoms with Crippen LogP contribution in [0.15, 0.2) is 16.6 Å². The van der Waals surface area contributed by atoms with Crippen LogP contribution < -0.4 is 16.2 Å². The number of hydrogen-bond donors (Lipinski definition) is 3. The highest BCUT2D eigenvalue weighted by Gasteiger charge is 2.18. The minimum atomic E-state index is -3.38. The molecule has 1 atom stereocenters. The van der Waals surface area contributed by atoms with E-state index in [0.29, 0.717) is 21.2 Å². The van der Waals surface area contributed by atoms with E-state index in [-0.39, 0.29) is 11.4 Å². The molecule has 8 nitrogen and oxygen atoms in total. The van der Waals surface area contributed by atoms with Gasteiger partial charge in [-0.2, -0.15) is 0 Å². The molecule has 0 saturated heterocycles. The molecule has 0 aliphatic carbocycles. The normalized spacial score (nSPS) is 13.2. The van der Waals surface area contributed by atoms with E-state index in [1.807, 2.05) is 0 Å². The highest BCUT2D eigenvalue weighted by Crippen LogP contribution is 2.27. The Morgan fingerprint density at radius 1 is 1.36 bits per heavy atom. The molecule has 10 heteroatoms. The number of nitrogens with zero attached hydrogens (tertiary/aromatic N) is 2. The van der Waals surface area contributed by atoms with E-state index in [9.17, 15) is 13.2 Å². The van der Waals surface area contributed by atoms with E-state index in [4.69, 9.17) is 11.5 Å². The summed E-state index contributed by atoms with van der Waals surface area (Å²) in [6.45, 7) is 1.65. The number of hydrogen-bond acceptors (Lipinski definition) is 6. The molecule has 0 saturated carbocycles. The van der Waals surface area contributed by atoms with Crippen LogP contribution in [-0.4, -0.2) is 30.5 Å². The summed E-state index contributed by atoms with van der Waals surface area (Å²) in [6, 6.07) is 2.61. The average Bonchev–Trinajstić information content (AvgIpc) is 2.35. The van der Waals surface area contributed by atoms with Crippen molar-refractivity contribution in [1.82, 2.24) is 14.7 Å². The van der Waals surface area contributed by atoms with Crippen LogP contribution in [0.5, 0.6) is 0 Å². The molecule has 2 rings (SSSR count). The Balaban J connectivity index is 2.58. The van der Waals surface area contributed by atoms with E-state index in [1.165, 1.54) is 6.07 Å². The van der Waals surface area contributed by atoms with Crippen LogP contribution in [0.3, 0.4) is 0 Å². The minimum Gasteiger partial charge on any atom is -0.383 e. The molecule has 0 aliphatic heterocycles. The van der Waals surface area contributed by atoms with Crippen molar-refractivity contribution < 1.29 is 13.2 Å². The number of nitrogen functional groups attached to an aromatic ring is 1. The lowest BCUT2D eigenvalue weighted by Gasteiger charge is -2.14. The number of primary amides is 1. The summed E-state index contributed by atoms with van der Waals surface area (Å²) in [6.07, 6.45) is 1.06. The highest BCUT2D eigenvalue weighted by atomic mass is 79.9. The van der Waals surface area contributed by atoms with Crippen molar-refractivity contribution in [2.24, 2.45) is 5.73 Å². The molecule has 1 unspecified atom stereocenters. The van der Waals surface area contributed by atoms with E-state index < -0.39 is 22.0 Å². The number of sulfonamides is 1. The highest BCUT2D eigenvalue weighted by molar-refractivity contribution is 9.10. The largest absolute Gasteiger partial charge is 0.383 e. The lowest BCUT2D eigenvalue weighted by atomic mass is 10.1. The Kier molecular flexibility index (Phi) is 4.36. The number of amides is 1. The van der Waals surface area contributed by atoms with Gasteiger partial charge in [-0.15, -0.1) is 0 Å². The topological polar surface area (TPSA) is 141 Å². The van der Waals surface area contributed by atoms with Crippen LogP contribution >= 0.6 is 15.9 Å². The standard InChI is InChI=1S/C12H14BrN5O3S/c1-5(18-22(2,20)21)9-8(13)4-6-3-7(11(15)19)10(14)17-12(6)16-9/h3-5,18H,1-2H3,(H2,15,19)(H2,14,16,17). The second kappa shape index (κ2) is 5.78. The summed E-state index contributed by atoms with van der Waals surface area (Å²) in [5, 5.41) is 0.560. The van der Waals surface area contributed by atoms with Crippen LogP contribution in [0, 0.1) is 0 Å². The fourth-order valence-electron chi connectivity index (χ4n) is 1.98. The van der Waals surface area contributed by atoms with Gasteiger partial charge in [0.05, 0.1) is 23.6 Å².